The standard InChI is InChI=1S/C17H25NO2/c1-4-20-16-11-15(17(16)8-5-9-17)18-13-7-6-12(2)10-14(13)19-3/h6-7,10,15-16,18H,4-5,8-9,11H2,1-3H3. The predicted molar refractivity (Wildman–Crippen MR) is 81.5 cm³/mol. The van der Waals surface area contributed by atoms with Crippen molar-refractivity contribution in [1.29, 1.82) is 0 Å². The summed E-state index contributed by atoms with van der Waals surface area (Å²) in [6.45, 7) is 5.01. The monoisotopic (exact) mass is 275 g/mol. The molecule has 3 rings (SSSR count). The van der Waals surface area contributed by atoms with Gasteiger partial charge in [-0.2, -0.15) is 0 Å². The van der Waals surface area contributed by atoms with Gasteiger partial charge in [0.1, 0.15) is 5.75 Å². The Hall–Kier alpha value is -1.22. The molecule has 1 aromatic carbocycles. The molecule has 2 saturated carbocycles. The molecule has 0 aromatic heterocycles. The van der Waals surface area contributed by atoms with Crippen molar-refractivity contribution < 1.29 is 9.47 Å². The normalized spacial score (nSPS) is 26.8. The van der Waals surface area contributed by atoms with E-state index in [-0.39, 0.29) is 0 Å². The van der Waals surface area contributed by atoms with Gasteiger partial charge in [-0.15, -0.1) is 0 Å². The van der Waals surface area contributed by atoms with Crippen LogP contribution in [0.3, 0.4) is 0 Å². The molecule has 3 heteroatoms. The third kappa shape index (κ3) is 2.08. The molecule has 0 saturated heterocycles. The van der Waals surface area contributed by atoms with Crippen molar-refractivity contribution in [3.63, 3.8) is 0 Å². The van der Waals surface area contributed by atoms with Crippen LogP contribution in [-0.4, -0.2) is 25.9 Å². The van der Waals surface area contributed by atoms with E-state index >= 15 is 0 Å². The fraction of sp³-hybridized carbons (Fsp3) is 0.647. The minimum Gasteiger partial charge on any atom is -0.495 e. The summed E-state index contributed by atoms with van der Waals surface area (Å²) >= 11 is 0. The van der Waals surface area contributed by atoms with E-state index in [1.165, 1.54) is 24.8 Å². The van der Waals surface area contributed by atoms with Gasteiger partial charge in [-0.1, -0.05) is 12.5 Å². The lowest BCUT2D eigenvalue weighted by Crippen LogP contribution is -2.64. The topological polar surface area (TPSA) is 30.5 Å². The largest absolute Gasteiger partial charge is 0.495 e. The highest BCUT2D eigenvalue weighted by Gasteiger charge is 2.58. The first-order chi connectivity index (χ1) is 9.69. The van der Waals surface area contributed by atoms with E-state index in [9.17, 15) is 0 Å². The molecule has 2 aliphatic carbocycles. The second-order valence-electron chi connectivity index (χ2n) is 6.17. The molecule has 0 amide bonds. The Labute approximate surface area is 121 Å². The number of hydrogen-bond donors (Lipinski definition) is 1. The van der Waals surface area contributed by atoms with Crippen LogP contribution in [0.4, 0.5) is 5.69 Å². The van der Waals surface area contributed by atoms with Gasteiger partial charge < -0.3 is 14.8 Å². The highest BCUT2D eigenvalue weighted by molar-refractivity contribution is 5.59. The predicted octanol–water partition coefficient (Wildman–Crippen LogP) is 3.76. The van der Waals surface area contributed by atoms with Crippen LogP contribution in [0.25, 0.3) is 0 Å². The van der Waals surface area contributed by atoms with Crippen LogP contribution < -0.4 is 10.1 Å². The van der Waals surface area contributed by atoms with E-state index in [0.29, 0.717) is 17.6 Å². The van der Waals surface area contributed by atoms with E-state index in [0.717, 1.165) is 24.5 Å². The Balaban J connectivity index is 1.73. The second kappa shape index (κ2) is 5.28. The van der Waals surface area contributed by atoms with Crippen LogP contribution in [0.5, 0.6) is 5.75 Å². The third-order valence-electron chi connectivity index (χ3n) is 5.12. The molecule has 2 unspecified atom stereocenters. The van der Waals surface area contributed by atoms with Gasteiger partial charge in [0, 0.05) is 18.1 Å². The minimum absolute atomic E-state index is 0.381. The van der Waals surface area contributed by atoms with Crippen molar-refractivity contribution in [2.24, 2.45) is 5.41 Å². The number of rotatable bonds is 5. The lowest BCUT2D eigenvalue weighted by molar-refractivity contribution is -0.157. The quantitative estimate of drug-likeness (QED) is 0.887. The second-order valence-corrected chi connectivity index (χ2v) is 6.17. The maximum atomic E-state index is 5.91. The minimum atomic E-state index is 0.381. The summed E-state index contributed by atoms with van der Waals surface area (Å²) in [5.41, 5.74) is 2.72. The number of ether oxygens (including phenoxy) is 2. The SMILES string of the molecule is CCOC1CC(Nc2ccc(C)cc2OC)C12CCC2. The van der Waals surface area contributed by atoms with Gasteiger partial charge in [-0.3, -0.25) is 0 Å². The summed E-state index contributed by atoms with van der Waals surface area (Å²) in [7, 11) is 1.74. The first-order valence-corrected chi connectivity index (χ1v) is 7.72. The number of aryl methyl sites for hydroxylation is 1. The van der Waals surface area contributed by atoms with Crippen LogP contribution in [-0.2, 0) is 4.74 Å². The number of anilines is 1. The molecule has 110 valence electrons. The Morgan fingerprint density at radius 1 is 1.35 bits per heavy atom. The fourth-order valence-corrected chi connectivity index (χ4v) is 3.75. The molecule has 0 aliphatic heterocycles. The van der Waals surface area contributed by atoms with E-state index < -0.39 is 0 Å². The Bertz CT molecular complexity index is 482. The van der Waals surface area contributed by atoms with Crippen molar-refractivity contribution in [3.8, 4) is 5.75 Å². The number of methoxy groups -OCH3 is 1. The van der Waals surface area contributed by atoms with Gasteiger partial charge in [-0.25, -0.2) is 0 Å². The average molecular weight is 275 g/mol. The Kier molecular flexibility index (Phi) is 3.63. The summed E-state index contributed by atoms with van der Waals surface area (Å²) < 4.78 is 11.4. The molecule has 0 bridgehead atoms. The van der Waals surface area contributed by atoms with Crippen molar-refractivity contribution >= 4 is 5.69 Å². The lowest BCUT2D eigenvalue weighted by Gasteiger charge is -2.61. The van der Waals surface area contributed by atoms with Gasteiger partial charge >= 0.3 is 0 Å². The van der Waals surface area contributed by atoms with Gasteiger partial charge in [0.25, 0.3) is 0 Å². The number of hydrogen-bond acceptors (Lipinski definition) is 3. The summed E-state index contributed by atoms with van der Waals surface area (Å²) in [5.74, 6) is 0.944. The van der Waals surface area contributed by atoms with E-state index in [1.807, 2.05) is 0 Å². The van der Waals surface area contributed by atoms with Crippen LogP contribution in [0.1, 0.15) is 38.2 Å². The maximum Gasteiger partial charge on any atom is 0.142 e. The first-order valence-electron chi connectivity index (χ1n) is 7.72. The molecule has 0 heterocycles. The van der Waals surface area contributed by atoms with Gasteiger partial charge in [0.15, 0.2) is 0 Å². The van der Waals surface area contributed by atoms with E-state index in [1.54, 1.807) is 7.11 Å². The van der Waals surface area contributed by atoms with Crippen LogP contribution in [0.15, 0.2) is 18.2 Å². The number of benzene rings is 1. The molecule has 2 aliphatic rings. The highest BCUT2D eigenvalue weighted by Crippen LogP contribution is 2.58. The van der Waals surface area contributed by atoms with Crippen LogP contribution in [0, 0.1) is 12.3 Å². The molecule has 1 N–H and O–H groups in total. The smallest absolute Gasteiger partial charge is 0.142 e. The third-order valence-corrected chi connectivity index (χ3v) is 5.12. The highest BCUT2D eigenvalue weighted by atomic mass is 16.5. The molecule has 3 nitrogen and oxygen atoms in total. The van der Waals surface area contributed by atoms with Crippen LogP contribution >= 0.6 is 0 Å². The van der Waals surface area contributed by atoms with Crippen molar-refractivity contribution in [2.75, 3.05) is 19.0 Å². The zero-order valence-electron chi connectivity index (χ0n) is 12.7. The fourth-order valence-electron chi connectivity index (χ4n) is 3.75. The zero-order valence-corrected chi connectivity index (χ0v) is 12.7. The van der Waals surface area contributed by atoms with Crippen molar-refractivity contribution in [3.05, 3.63) is 23.8 Å². The lowest BCUT2D eigenvalue weighted by atomic mass is 9.51. The van der Waals surface area contributed by atoms with Gasteiger partial charge in [0.2, 0.25) is 0 Å². The maximum absolute atomic E-state index is 5.91. The Morgan fingerprint density at radius 2 is 2.15 bits per heavy atom. The molecule has 1 aromatic rings. The average Bonchev–Trinajstić information content (AvgIpc) is 2.37. The van der Waals surface area contributed by atoms with Gasteiger partial charge in [-0.05, 0) is 50.8 Å². The summed E-state index contributed by atoms with van der Waals surface area (Å²) in [6, 6.07) is 6.89. The number of nitrogens with one attached hydrogen (secondary N) is 1. The summed E-state index contributed by atoms with van der Waals surface area (Å²) in [5, 5.41) is 3.70. The zero-order chi connectivity index (χ0) is 14.2. The summed E-state index contributed by atoms with van der Waals surface area (Å²) in [4.78, 5) is 0. The molecular formula is C17H25NO2. The van der Waals surface area contributed by atoms with E-state index in [4.69, 9.17) is 9.47 Å². The van der Waals surface area contributed by atoms with Crippen molar-refractivity contribution in [1.82, 2.24) is 0 Å². The molecular weight excluding hydrogens is 250 g/mol. The van der Waals surface area contributed by atoms with Gasteiger partial charge in [0.05, 0.1) is 18.9 Å². The molecule has 2 fully saturated rings. The van der Waals surface area contributed by atoms with E-state index in [2.05, 4.69) is 37.4 Å². The molecule has 2 atom stereocenters. The molecule has 20 heavy (non-hydrogen) atoms. The van der Waals surface area contributed by atoms with Crippen molar-refractivity contribution in [2.45, 2.75) is 51.7 Å². The van der Waals surface area contributed by atoms with Crippen LogP contribution in [0.2, 0.25) is 0 Å². The first kappa shape index (κ1) is 13.7. The summed E-state index contributed by atoms with van der Waals surface area (Å²) in [6.07, 6.45) is 5.50. The molecule has 0 radical (unpaired) electrons. The Morgan fingerprint density at radius 3 is 2.75 bits per heavy atom. The molecule has 1 spiro atoms.